The summed E-state index contributed by atoms with van der Waals surface area (Å²) >= 11 is 0. The maximum Gasteiger partial charge on any atom is 0.238 e. The van der Waals surface area contributed by atoms with E-state index in [1.165, 1.54) is 9.80 Å². The zero-order chi connectivity index (χ0) is 29.4. The van der Waals surface area contributed by atoms with Gasteiger partial charge in [-0.3, -0.25) is 29.0 Å². The van der Waals surface area contributed by atoms with Crippen LogP contribution in [0.15, 0.2) is 109 Å². The number of hydrogen-bond donors (Lipinski definition) is 1. The summed E-state index contributed by atoms with van der Waals surface area (Å²) in [6.07, 6.45) is 2.65. The Hall–Kier alpha value is -5.04. The first kappa shape index (κ1) is 25.7. The van der Waals surface area contributed by atoms with Crippen LogP contribution in [0.1, 0.15) is 24.3 Å². The molecule has 4 aromatic rings. The van der Waals surface area contributed by atoms with Crippen LogP contribution < -0.4 is 9.80 Å². The fourth-order valence-corrected chi connectivity index (χ4v) is 8.18. The number of para-hydroxylation sites is 2. The average molecular weight is 569 g/mol. The van der Waals surface area contributed by atoms with Crippen LogP contribution in [0.25, 0.3) is 10.8 Å². The summed E-state index contributed by atoms with van der Waals surface area (Å²) in [5, 5.41) is 13.1. The highest BCUT2D eigenvalue weighted by atomic mass is 16.3. The molecule has 0 radical (unpaired) electrons. The van der Waals surface area contributed by atoms with Crippen molar-refractivity contribution in [3.8, 4) is 5.75 Å². The second-order valence-corrected chi connectivity index (χ2v) is 11.9. The number of allylic oxidation sites excluding steroid dienone is 2. The molecule has 212 valence electrons. The quantitative estimate of drug-likeness (QED) is 0.257. The molecule has 2 aliphatic carbocycles. The van der Waals surface area contributed by atoms with E-state index in [2.05, 4.69) is 0 Å². The molecule has 4 aromatic carbocycles. The van der Waals surface area contributed by atoms with Crippen molar-refractivity contribution in [3.05, 3.63) is 114 Å². The van der Waals surface area contributed by atoms with Crippen molar-refractivity contribution < 1.29 is 24.3 Å². The Morgan fingerprint density at radius 1 is 0.581 bits per heavy atom. The van der Waals surface area contributed by atoms with E-state index in [0.717, 1.165) is 16.3 Å². The number of benzene rings is 4. The lowest BCUT2D eigenvalue weighted by atomic mass is 9.56. The van der Waals surface area contributed by atoms with Gasteiger partial charge in [-0.25, -0.2) is 0 Å². The van der Waals surface area contributed by atoms with E-state index in [9.17, 15) is 24.3 Å². The highest BCUT2D eigenvalue weighted by Gasteiger charge is 2.62. The summed E-state index contributed by atoms with van der Waals surface area (Å²) in [6, 6.07) is 29.0. The summed E-state index contributed by atoms with van der Waals surface area (Å²) in [7, 11) is 0. The highest BCUT2D eigenvalue weighted by Crippen LogP contribution is 2.60. The van der Waals surface area contributed by atoms with E-state index in [1.807, 2.05) is 48.5 Å². The van der Waals surface area contributed by atoms with E-state index in [1.54, 1.807) is 54.6 Å². The third-order valence-corrected chi connectivity index (χ3v) is 9.94. The molecule has 7 heteroatoms. The molecule has 4 amide bonds. The van der Waals surface area contributed by atoms with Gasteiger partial charge in [0.2, 0.25) is 23.6 Å². The third kappa shape index (κ3) is 3.60. The monoisotopic (exact) mass is 568 g/mol. The standard InChI is InChI=1S/C36H28N2O5/c39-28-18-15-20-9-7-8-14-23(20)30(28)31-24-16-17-25-29(35(42)37(33(25)40)21-10-3-1-4-11-21)26(24)19-27-32(31)36(43)38(34(27)41)22-12-5-2-6-13-22/h1-16,18,25-27,29,31-32,39H,17,19H2/t25-,26+,27+,29-,31+,32+/m0/s1. The van der Waals surface area contributed by atoms with Gasteiger partial charge in [0.25, 0.3) is 0 Å². The van der Waals surface area contributed by atoms with Gasteiger partial charge in [-0.1, -0.05) is 78.4 Å². The van der Waals surface area contributed by atoms with Crippen LogP contribution in [0.2, 0.25) is 0 Å². The minimum absolute atomic E-state index is 0.0456. The lowest BCUT2D eigenvalue weighted by molar-refractivity contribution is -0.126. The molecule has 1 N–H and O–H groups in total. The van der Waals surface area contributed by atoms with Gasteiger partial charge in [-0.2, -0.15) is 0 Å². The van der Waals surface area contributed by atoms with Crippen molar-refractivity contribution in [1.82, 2.24) is 0 Å². The van der Waals surface area contributed by atoms with Crippen molar-refractivity contribution in [2.45, 2.75) is 18.8 Å². The molecule has 3 fully saturated rings. The molecule has 2 aliphatic heterocycles. The summed E-state index contributed by atoms with van der Waals surface area (Å²) in [5.41, 5.74) is 2.49. The van der Waals surface area contributed by atoms with Crippen molar-refractivity contribution in [2.24, 2.45) is 29.6 Å². The van der Waals surface area contributed by atoms with Crippen molar-refractivity contribution in [3.63, 3.8) is 0 Å². The first-order valence-electron chi connectivity index (χ1n) is 14.7. The smallest absolute Gasteiger partial charge is 0.238 e. The lowest BCUT2D eigenvalue weighted by Crippen LogP contribution is -2.43. The van der Waals surface area contributed by atoms with Crippen molar-refractivity contribution >= 4 is 45.8 Å². The molecule has 2 heterocycles. The first-order chi connectivity index (χ1) is 21.0. The van der Waals surface area contributed by atoms with Crippen LogP contribution >= 0.6 is 0 Å². The van der Waals surface area contributed by atoms with Crippen LogP contribution in [0, 0.1) is 29.6 Å². The summed E-state index contributed by atoms with van der Waals surface area (Å²) in [5.74, 6) is -4.77. The van der Waals surface area contributed by atoms with E-state index in [-0.39, 0.29) is 35.8 Å². The Balaban J connectivity index is 1.31. The number of nitrogens with zero attached hydrogens (tertiary/aromatic N) is 2. The van der Waals surface area contributed by atoms with Crippen LogP contribution in [-0.2, 0) is 19.2 Å². The number of fused-ring (bicyclic) bond motifs is 5. The Bertz CT molecular complexity index is 1870. The SMILES string of the molecule is O=C1[C@H]2[C@H](CC=C3[C@H]2C[C@H]2C(=O)N(c4ccccc4)C(=O)[C@H]2[C@H]3c2c(O)ccc3ccccc23)C(=O)N1c1ccccc1. The Morgan fingerprint density at radius 3 is 1.84 bits per heavy atom. The van der Waals surface area contributed by atoms with E-state index < -0.39 is 35.5 Å². The molecular weight excluding hydrogens is 540 g/mol. The molecule has 7 nitrogen and oxygen atoms in total. The predicted molar refractivity (Wildman–Crippen MR) is 161 cm³/mol. The van der Waals surface area contributed by atoms with Crippen LogP contribution in [0.4, 0.5) is 11.4 Å². The minimum Gasteiger partial charge on any atom is -0.508 e. The summed E-state index contributed by atoms with van der Waals surface area (Å²) in [6.45, 7) is 0. The summed E-state index contributed by atoms with van der Waals surface area (Å²) < 4.78 is 0. The van der Waals surface area contributed by atoms with Gasteiger partial charge in [-0.15, -0.1) is 0 Å². The van der Waals surface area contributed by atoms with Crippen molar-refractivity contribution in [2.75, 3.05) is 9.80 Å². The number of imide groups is 2. The highest BCUT2D eigenvalue weighted by molar-refractivity contribution is 6.24. The molecule has 1 saturated carbocycles. The number of carbonyl (C=O) groups is 4. The number of aromatic hydroxyl groups is 1. The van der Waals surface area contributed by atoms with E-state index in [4.69, 9.17) is 0 Å². The number of hydrogen-bond acceptors (Lipinski definition) is 5. The van der Waals surface area contributed by atoms with Crippen LogP contribution in [-0.4, -0.2) is 28.7 Å². The largest absolute Gasteiger partial charge is 0.508 e. The maximum absolute atomic E-state index is 14.3. The number of amides is 4. The van der Waals surface area contributed by atoms with Gasteiger partial charge in [0.1, 0.15) is 5.75 Å². The van der Waals surface area contributed by atoms with E-state index in [0.29, 0.717) is 23.4 Å². The van der Waals surface area contributed by atoms with Gasteiger partial charge in [0.05, 0.1) is 35.0 Å². The average Bonchev–Trinajstić information content (AvgIpc) is 3.44. The van der Waals surface area contributed by atoms with Crippen LogP contribution in [0.5, 0.6) is 5.75 Å². The third-order valence-electron chi connectivity index (χ3n) is 9.94. The molecule has 43 heavy (non-hydrogen) atoms. The molecule has 0 bridgehead atoms. The minimum atomic E-state index is -0.749. The predicted octanol–water partition coefficient (Wildman–Crippen LogP) is 5.59. The van der Waals surface area contributed by atoms with Crippen LogP contribution in [0.3, 0.4) is 0 Å². The Morgan fingerprint density at radius 2 is 1.16 bits per heavy atom. The number of rotatable bonds is 3. The second kappa shape index (κ2) is 9.49. The van der Waals surface area contributed by atoms with Gasteiger partial charge in [0, 0.05) is 11.5 Å². The molecule has 0 aromatic heterocycles. The number of phenols is 1. The Kier molecular flexibility index (Phi) is 5.66. The lowest BCUT2D eigenvalue weighted by Gasteiger charge is -2.44. The van der Waals surface area contributed by atoms with Crippen molar-refractivity contribution in [1.29, 1.82) is 0 Å². The second-order valence-electron chi connectivity index (χ2n) is 11.9. The Labute approximate surface area is 248 Å². The van der Waals surface area contributed by atoms with Gasteiger partial charge in [0.15, 0.2) is 0 Å². The molecule has 0 unspecified atom stereocenters. The zero-order valence-electron chi connectivity index (χ0n) is 23.2. The maximum atomic E-state index is 14.3. The molecule has 2 saturated heterocycles. The topological polar surface area (TPSA) is 95.0 Å². The molecule has 0 spiro atoms. The molecule has 6 atom stereocenters. The molecule has 8 rings (SSSR count). The molecular formula is C36H28N2O5. The number of carbonyl (C=O) groups excluding carboxylic acids is 4. The normalized spacial score (nSPS) is 28.1. The van der Waals surface area contributed by atoms with Gasteiger partial charge in [-0.05, 0) is 59.9 Å². The molecule has 4 aliphatic rings. The number of anilines is 2. The van der Waals surface area contributed by atoms with Gasteiger partial charge < -0.3 is 5.11 Å². The fourth-order valence-electron chi connectivity index (χ4n) is 8.18. The fraction of sp³-hybridized carbons (Fsp3) is 0.222. The van der Waals surface area contributed by atoms with E-state index >= 15 is 0 Å². The first-order valence-corrected chi connectivity index (χ1v) is 14.7. The summed E-state index contributed by atoms with van der Waals surface area (Å²) in [4.78, 5) is 58.8. The zero-order valence-corrected chi connectivity index (χ0v) is 23.2. The number of phenolic OH excluding ortho intramolecular Hbond substituents is 1. The van der Waals surface area contributed by atoms with Gasteiger partial charge >= 0.3 is 0 Å².